The van der Waals surface area contributed by atoms with Crippen LogP contribution in [0.25, 0.3) is 10.9 Å². The Morgan fingerprint density at radius 1 is 1.00 bits per heavy atom. The molecule has 3 aromatic rings. The fourth-order valence-electron chi connectivity index (χ4n) is 3.56. The standard InChI is InChI=1S/C21H19NO/c1-14-7-6-8-15(13-14)21(23)20-16-9-2-4-11-18(16)22-19-12-5-3-10-17(19)20/h2,4,6-9,11,13H,3,5,10,12H2,1H3. The topological polar surface area (TPSA) is 30.0 Å². The van der Waals surface area contributed by atoms with E-state index in [2.05, 4.69) is 0 Å². The first-order valence-electron chi connectivity index (χ1n) is 8.26. The first kappa shape index (κ1) is 14.1. The average molecular weight is 301 g/mol. The van der Waals surface area contributed by atoms with Crippen molar-refractivity contribution in [3.63, 3.8) is 0 Å². The van der Waals surface area contributed by atoms with Crippen LogP contribution in [0.3, 0.4) is 0 Å². The number of hydrogen-bond acceptors (Lipinski definition) is 2. The van der Waals surface area contributed by atoms with E-state index < -0.39 is 0 Å². The predicted octanol–water partition coefficient (Wildman–Crippen LogP) is 4.65. The van der Waals surface area contributed by atoms with E-state index in [9.17, 15) is 4.79 Å². The van der Waals surface area contributed by atoms with Gasteiger partial charge in [-0.1, -0.05) is 42.0 Å². The van der Waals surface area contributed by atoms with Gasteiger partial charge in [-0.05, 0) is 50.3 Å². The fourth-order valence-corrected chi connectivity index (χ4v) is 3.56. The molecular formula is C21H19NO. The van der Waals surface area contributed by atoms with Crippen molar-refractivity contribution in [2.75, 3.05) is 0 Å². The summed E-state index contributed by atoms with van der Waals surface area (Å²) < 4.78 is 0. The minimum atomic E-state index is 0.130. The third-order valence-corrected chi connectivity index (χ3v) is 4.68. The van der Waals surface area contributed by atoms with Crippen molar-refractivity contribution in [2.45, 2.75) is 32.6 Å². The Hall–Kier alpha value is -2.48. The second-order valence-corrected chi connectivity index (χ2v) is 6.33. The Kier molecular flexibility index (Phi) is 3.45. The number of rotatable bonds is 2. The van der Waals surface area contributed by atoms with Gasteiger partial charge in [-0.3, -0.25) is 9.78 Å². The van der Waals surface area contributed by atoms with Gasteiger partial charge >= 0.3 is 0 Å². The minimum absolute atomic E-state index is 0.130. The van der Waals surface area contributed by atoms with Crippen LogP contribution >= 0.6 is 0 Å². The molecule has 0 bridgehead atoms. The lowest BCUT2D eigenvalue weighted by Crippen LogP contribution is -2.14. The van der Waals surface area contributed by atoms with Crippen LogP contribution in [0.1, 0.15) is 45.6 Å². The number of para-hydroxylation sites is 1. The van der Waals surface area contributed by atoms with Crippen molar-refractivity contribution < 1.29 is 4.79 Å². The maximum atomic E-state index is 13.3. The highest BCUT2D eigenvalue weighted by Crippen LogP contribution is 2.31. The third kappa shape index (κ3) is 2.44. The normalized spacial score (nSPS) is 13.8. The lowest BCUT2D eigenvalue weighted by atomic mass is 9.86. The van der Waals surface area contributed by atoms with E-state index in [-0.39, 0.29) is 5.78 Å². The smallest absolute Gasteiger partial charge is 0.194 e. The zero-order valence-electron chi connectivity index (χ0n) is 13.3. The third-order valence-electron chi connectivity index (χ3n) is 4.68. The summed E-state index contributed by atoms with van der Waals surface area (Å²) >= 11 is 0. The monoisotopic (exact) mass is 301 g/mol. The number of ketones is 1. The molecule has 114 valence electrons. The molecule has 0 radical (unpaired) electrons. The number of hydrogen-bond donors (Lipinski definition) is 0. The molecule has 1 aliphatic carbocycles. The zero-order chi connectivity index (χ0) is 15.8. The summed E-state index contributed by atoms with van der Waals surface area (Å²) in [7, 11) is 0. The number of carbonyl (C=O) groups is 1. The second kappa shape index (κ2) is 5.62. The molecule has 23 heavy (non-hydrogen) atoms. The van der Waals surface area contributed by atoms with Gasteiger partial charge in [-0.15, -0.1) is 0 Å². The average Bonchev–Trinajstić information content (AvgIpc) is 2.59. The van der Waals surface area contributed by atoms with Crippen molar-refractivity contribution in [3.8, 4) is 0 Å². The van der Waals surface area contributed by atoms with Crippen molar-refractivity contribution in [1.82, 2.24) is 4.98 Å². The van der Waals surface area contributed by atoms with E-state index >= 15 is 0 Å². The predicted molar refractivity (Wildman–Crippen MR) is 93.0 cm³/mol. The molecule has 4 rings (SSSR count). The minimum Gasteiger partial charge on any atom is -0.289 e. The summed E-state index contributed by atoms with van der Waals surface area (Å²) in [4.78, 5) is 18.1. The van der Waals surface area contributed by atoms with Crippen LogP contribution in [0.5, 0.6) is 0 Å². The number of pyridine rings is 1. The summed E-state index contributed by atoms with van der Waals surface area (Å²) in [6, 6.07) is 15.9. The molecule has 2 nitrogen and oxygen atoms in total. The quantitative estimate of drug-likeness (QED) is 0.645. The summed E-state index contributed by atoms with van der Waals surface area (Å²) in [5.41, 5.74) is 5.98. The van der Waals surface area contributed by atoms with Crippen LogP contribution < -0.4 is 0 Å². The second-order valence-electron chi connectivity index (χ2n) is 6.33. The van der Waals surface area contributed by atoms with Gasteiger partial charge in [-0.25, -0.2) is 0 Å². The molecule has 0 N–H and O–H groups in total. The van der Waals surface area contributed by atoms with E-state index in [1.165, 1.54) is 5.56 Å². The summed E-state index contributed by atoms with van der Waals surface area (Å²) in [5.74, 6) is 0.130. The molecule has 2 heteroatoms. The summed E-state index contributed by atoms with van der Waals surface area (Å²) in [6.07, 6.45) is 4.24. The van der Waals surface area contributed by atoms with Crippen LogP contribution in [0.4, 0.5) is 0 Å². The number of fused-ring (bicyclic) bond motifs is 2. The molecule has 0 fully saturated rings. The fraction of sp³-hybridized carbons (Fsp3) is 0.238. The van der Waals surface area contributed by atoms with E-state index in [1.807, 2.05) is 55.5 Å². The summed E-state index contributed by atoms with van der Waals surface area (Å²) in [6.45, 7) is 2.02. The summed E-state index contributed by atoms with van der Waals surface area (Å²) in [5, 5.41) is 0.986. The van der Waals surface area contributed by atoms with Gasteiger partial charge in [0.05, 0.1) is 5.52 Å². The van der Waals surface area contributed by atoms with E-state index in [1.54, 1.807) is 0 Å². The van der Waals surface area contributed by atoms with Crippen LogP contribution in [0.15, 0.2) is 48.5 Å². The Balaban J connectivity index is 1.99. The number of nitrogens with zero attached hydrogens (tertiary/aromatic N) is 1. The van der Waals surface area contributed by atoms with Crippen LogP contribution in [0.2, 0.25) is 0 Å². The Bertz CT molecular complexity index is 911. The number of benzene rings is 2. The van der Waals surface area contributed by atoms with Gasteiger partial charge in [-0.2, -0.15) is 0 Å². The van der Waals surface area contributed by atoms with Crippen molar-refractivity contribution in [1.29, 1.82) is 0 Å². The van der Waals surface area contributed by atoms with Crippen molar-refractivity contribution in [2.24, 2.45) is 0 Å². The molecule has 1 aliphatic rings. The Morgan fingerprint density at radius 3 is 2.70 bits per heavy atom. The van der Waals surface area contributed by atoms with Gasteiger partial charge in [0.15, 0.2) is 5.78 Å². The van der Waals surface area contributed by atoms with Gasteiger partial charge in [0.1, 0.15) is 0 Å². The van der Waals surface area contributed by atoms with Crippen LogP contribution in [0, 0.1) is 6.92 Å². The van der Waals surface area contributed by atoms with Gasteiger partial charge < -0.3 is 0 Å². The molecule has 0 saturated heterocycles. The zero-order valence-corrected chi connectivity index (χ0v) is 13.3. The molecule has 0 atom stereocenters. The molecular weight excluding hydrogens is 282 g/mol. The number of carbonyl (C=O) groups excluding carboxylic acids is 1. The first-order valence-corrected chi connectivity index (χ1v) is 8.26. The largest absolute Gasteiger partial charge is 0.289 e. The van der Waals surface area contributed by atoms with Crippen molar-refractivity contribution >= 4 is 16.7 Å². The highest BCUT2D eigenvalue weighted by molar-refractivity contribution is 6.17. The molecule has 1 heterocycles. The Labute approximate surface area is 136 Å². The highest BCUT2D eigenvalue weighted by Gasteiger charge is 2.23. The van der Waals surface area contributed by atoms with E-state index in [0.29, 0.717) is 0 Å². The van der Waals surface area contributed by atoms with Gasteiger partial charge in [0.25, 0.3) is 0 Å². The molecule has 1 aromatic heterocycles. The molecule has 0 unspecified atom stereocenters. The maximum Gasteiger partial charge on any atom is 0.194 e. The first-order chi connectivity index (χ1) is 11.2. The number of aryl methyl sites for hydroxylation is 2. The molecule has 0 aliphatic heterocycles. The Morgan fingerprint density at radius 2 is 1.83 bits per heavy atom. The highest BCUT2D eigenvalue weighted by atomic mass is 16.1. The van der Waals surface area contributed by atoms with Gasteiger partial charge in [0.2, 0.25) is 0 Å². The molecule has 0 spiro atoms. The molecule has 2 aromatic carbocycles. The van der Waals surface area contributed by atoms with Crippen LogP contribution in [-0.4, -0.2) is 10.8 Å². The lowest BCUT2D eigenvalue weighted by molar-refractivity contribution is 0.103. The SMILES string of the molecule is Cc1cccc(C(=O)c2c3c(nc4ccccc24)CCCC3)c1. The van der Waals surface area contributed by atoms with Crippen molar-refractivity contribution in [3.05, 3.63) is 76.5 Å². The molecule has 0 saturated carbocycles. The lowest BCUT2D eigenvalue weighted by Gasteiger charge is -2.20. The van der Waals surface area contributed by atoms with E-state index in [4.69, 9.17) is 4.98 Å². The molecule has 0 amide bonds. The van der Waals surface area contributed by atoms with Crippen LogP contribution in [-0.2, 0) is 12.8 Å². The number of aromatic nitrogens is 1. The van der Waals surface area contributed by atoms with E-state index in [0.717, 1.165) is 59.0 Å². The maximum absolute atomic E-state index is 13.3. The van der Waals surface area contributed by atoms with Gasteiger partial charge in [0, 0.05) is 22.2 Å².